The maximum atomic E-state index is 12.0. The van der Waals surface area contributed by atoms with Gasteiger partial charge in [-0.3, -0.25) is 0 Å². The number of unbranched alkanes of at least 4 members (excludes halogenated alkanes) is 2. The molecule has 16 heavy (non-hydrogen) atoms. The summed E-state index contributed by atoms with van der Waals surface area (Å²) in [5, 5.41) is 7.76. The highest BCUT2D eigenvalue weighted by molar-refractivity contribution is 7.90. The molecule has 1 atom stereocenters. The van der Waals surface area contributed by atoms with Gasteiger partial charge < -0.3 is 0 Å². The lowest BCUT2D eigenvalue weighted by atomic mass is 10.2. The molecule has 5 heteroatoms. The van der Waals surface area contributed by atoms with Crippen LogP contribution in [0.2, 0.25) is 0 Å². The molecular formula is C11H22N2O2S. The molecule has 0 radical (unpaired) electrons. The third-order valence-corrected chi connectivity index (χ3v) is 4.77. The number of nitriles is 1. The Bertz CT molecular complexity index is 330. The monoisotopic (exact) mass is 246 g/mol. The van der Waals surface area contributed by atoms with Gasteiger partial charge in [0.25, 0.3) is 0 Å². The fourth-order valence-corrected chi connectivity index (χ4v) is 2.98. The summed E-state index contributed by atoms with van der Waals surface area (Å²) in [5.74, 6) is 0. The molecule has 0 saturated heterocycles. The molecule has 0 aromatic rings. The molecule has 4 nitrogen and oxygen atoms in total. The van der Waals surface area contributed by atoms with E-state index in [1.54, 1.807) is 6.07 Å². The minimum Gasteiger partial charge on any atom is -0.211 e. The van der Waals surface area contributed by atoms with Crippen molar-refractivity contribution in [1.82, 2.24) is 4.31 Å². The molecular weight excluding hydrogens is 224 g/mol. The first-order valence-electron chi connectivity index (χ1n) is 5.78. The second kappa shape index (κ2) is 6.87. The Labute approximate surface area is 99.3 Å². The van der Waals surface area contributed by atoms with E-state index in [2.05, 4.69) is 6.92 Å². The van der Waals surface area contributed by atoms with Crippen molar-refractivity contribution in [2.75, 3.05) is 6.54 Å². The fourth-order valence-electron chi connectivity index (χ4n) is 1.47. The topological polar surface area (TPSA) is 61.2 Å². The third kappa shape index (κ3) is 4.11. The predicted octanol–water partition coefficient (Wildman–Crippen LogP) is 2.13. The molecule has 0 amide bonds. The summed E-state index contributed by atoms with van der Waals surface area (Å²) in [6.45, 7) is 7.71. The summed E-state index contributed by atoms with van der Waals surface area (Å²) in [5.41, 5.74) is 0. The Hall–Kier alpha value is -0.600. The molecule has 0 heterocycles. The van der Waals surface area contributed by atoms with E-state index < -0.39 is 15.3 Å². The van der Waals surface area contributed by atoms with Crippen LogP contribution in [0.4, 0.5) is 0 Å². The highest BCUT2D eigenvalue weighted by Gasteiger charge is 2.30. The van der Waals surface area contributed by atoms with Crippen molar-refractivity contribution in [2.24, 2.45) is 0 Å². The van der Waals surface area contributed by atoms with Crippen LogP contribution in [-0.2, 0) is 10.0 Å². The Kier molecular flexibility index (Phi) is 6.61. The van der Waals surface area contributed by atoms with Gasteiger partial charge in [-0.1, -0.05) is 19.8 Å². The van der Waals surface area contributed by atoms with Gasteiger partial charge in [-0.15, -0.1) is 0 Å². The van der Waals surface area contributed by atoms with Gasteiger partial charge in [0.2, 0.25) is 10.0 Å². The van der Waals surface area contributed by atoms with Gasteiger partial charge in [-0.2, -0.15) is 9.57 Å². The molecule has 94 valence electrons. The van der Waals surface area contributed by atoms with Crippen molar-refractivity contribution < 1.29 is 8.42 Å². The minimum absolute atomic E-state index is 0.0855. The van der Waals surface area contributed by atoms with Crippen LogP contribution in [0, 0.1) is 11.3 Å². The van der Waals surface area contributed by atoms with E-state index in [9.17, 15) is 8.42 Å². The average Bonchev–Trinajstić information content (AvgIpc) is 2.22. The molecule has 1 unspecified atom stereocenters. The number of sulfonamides is 1. The fraction of sp³-hybridized carbons (Fsp3) is 0.909. The maximum Gasteiger partial charge on any atom is 0.230 e. The predicted molar refractivity (Wildman–Crippen MR) is 65.4 cm³/mol. The zero-order valence-electron chi connectivity index (χ0n) is 10.6. The third-order valence-electron chi connectivity index (χ3n) is 2.51. The lowest BCUT2D eigenvalue weighted by Crippen LogP contribution is -2.42. The summed E-state index contributed by atoms with van der Waals surface area (Å²) >= 11 is 0. The van der Waals surface area contributed by atoms with Crippen molar-refractivity contribution in [3.63, 3.8) is 0 Å². The van der Waals surface area contributed by atoms with Crippen LogP contribution < -0.4 is 0 Å². The molecule has 0 saturated carbocycles. The van der Waals surface area contributed by atoms with Crippen molar-refractivity contribution in [2.45, 2.75) is 58.2 Å². The number of nitrogens with zero attached hydrogens (tertiary/aromatic N) is 2. The van der Waals surface area contributed by atoms with Crippen LogP contribution in [-0.4, -0.2) is 30.6 Å². The van der Waals surface area contributed by atoms with Gasteiger partial charge in [0.15, 0.2) is 5.25 Å². The van der Waals surface area contributed by atoms with Crippen molar-refractivity contribution in [3.8, 4) is 6.07 Å². The van der Waals surface area contributed by atoms with Gasteiger partial charge in [0, 0.05) is 12.6 Å². The summed E-state index contributed by atoms with van der Waals surface area (Å²) in [7, 11) is -3.46. The summed E-state index contributed by atoms with van der Waals surface area (Å²) in [6, 6.07) is 1.72. The largest absolute Gasteiger partial charge is 0.230 e. The quantitative estimate of drug-likeness (QED) is 0.646. The number of hydrogen-bond donors (Lipinski definition) is 0. The van der Waals surface area contributed by atoms with Crippen LogP contribution >= 0.6 is 0 Å². The Morgan fingerprint density at radius 2 is 1.81 bits per heavy atom. The van der Waals surface area contributed by atoms with Crippen LogP contribution in [0.15, 0.2) is 0 Å². The van der Waals surface area contributed by atoms with E-state index >= 15 is 0 Å². The van der Waals surface area contributed by atoms with E-state index in [4.69, 9.17) is 5.26 Å². The lowest BCUT2D eigenvalue weighted by molar-refractivity contribution is 0.344. The van der Waals surface area contributed by atoms with Gasteiger partial charge >= 0.3 is 0 Å². The molecule has 0 aliphatic heterocycles. The second-order valence-electron chi connectivity index (χ2n) is 4.23. The zero-order chi connectivity index (χ0) is 12.8. The molecule has 0 bridgehead atoms. The maximum absolute atomic E-state index is 12.0. The van der Waals surface area contributed by atoms with Crippen LogP contribution in [0.25, 0.3) is 0 Å². The first-order chi connectivity index (χ1) is 7.37. The van der Waals surface area contributed by atoms with Crippen LogP contribution in [0.5, 0.6) is 0 Å². The van der Waals surface area contributed by atoms with Gasteiger partial charge in [-0.25, -0.2) is 8.42 Å². The standard InChI is InChI=1S/C11H22N2O2S/c1-5-6-7-8-13(10(2)3)16(14,15)11(4)9-12/h10-11H,5-8H2,1-4H3. The highest BCUT2D eigenvalue weighted by Crippen LogP contribution is 2.14. The van der Waals surface area contributed by atoms with Crippen molar-refractivity contribution >= 4 is 10.0 Å². The van der Waals surface area contributed by atoms with Gasteiger partial charge in [0.1, 0.15) is 0 Å². The summed E-state index contributed by atoms with van der Waals surface area (Å²) < 4.78 is 25.4. The second-order valence-corrected chi connectivity index (χ2v) is 6.43. The van der Waals surface area contributed by atoms with Crippen LogP contribution in [0.3, 0.4) is 0 Å². The molecule has 0 spiro atoms. The van der Waals surface area contributed by atoms with Crippen LogP contribution in [0.1, 0.15) is 47.0 Å². The summed E-state index contributed by atoms with van der Waals surface area (Å²) in [4.78, 5) is 0. The van der Waals surface area contributed by atoms with E-state index in [-0.39, 0.29) is 6.04 Å². The van der Waals surface area contributed by atoms with E-state index in [0.717, 1.165) is 19.3 Å². The average molecular weight is 246 g/mol. The molecule has 0 aliphatic rings. The minimum atomic E-state index is -3.46. The smallest absolute Gasteiger partial charge is 0.211 e. The molecule has 0 fully saturated rings. The Morgan fingerprint density at radius 3 is 2.19 bits per heavy atom. The molecule has 0 rings (SSSR count). The molecule has 0 N–H and O–H groups in total. The zero-order valence-corrected chi connectivity index (χ0v) is 11.4. The highest BCUT2D eigenvalue weighted by atomic mass is 32.2. The normalized spacial score (nSPS) is 14.1. The van der Waals surface area contributed by atoms with E-state index in [0.29, 0.717) is 6.54 Å². The Morgan fingerprint density at radius 1 is 1.25 bits per heavy atom. The van der Waals surface area contributed by atoms with Gasteiger partial charge in [0.05, 0.1) is 6.07 Å². The summed E-state index contributed by atoms with van der Waals surface area (Å²) in [6.07, 6.45) is 2.92. The first kappa shape index (κ1) is 15.4. The van der Waals surface area contributed by atoms with Crippen molar-refractivity contribution in [3.05, 3.63) is 0 Å². The lowest BCUT2D eigenvalue weighted by Gasteiger charge is -2.26. The number of hydrogen-bond acceptors (Lipinski definition) is 3. The number of rotatable bonds is 7. The molecule has 0 aromatic heterocycles. The first-order valence-corrected chi connectivity index (χ1v) is 7.28. The van der Waals surface area contributed by atoms with E-state index in [1.165, 1.54) is 11.2 Å². The van der Waals surface area contributed by atoms with Gasteiger partial charge in [-0.05, 0) is 27.2 Å². The molecule has 0 aliphatic carbocycles. The molecule has 0 aromatic carbocycles. The Balaban J connectivity index is 4.73. The SMILES string of the molecule is CCCCCN(C(C)C)S(=O)(=O)C(C)C#N. The van der Waals surface area contributed by atoms with Crippen molar-refractivity contribution in [1.29, 1.82) is 5.26 Å². The van der Waals surface area contributed by atoms with E-state index in [1.807, 2.05) is 13.8 Å².